The number of ether oxygens (including phenoxy) is 2. The Balaban J connectivity index is 0.000000383. The van der Waals surface area contributed by atoms with Gasteiger partial charge in [0.25, 0.3) is 0 Å². The van der Waals surface area contributed by atoms with Crippen molar-refractivity contribution in [3.8, 4) is 5.88 Å². The molecule has 4 rings (SSSR count). The van der Waals surface area contributed by atoms with E-state index in [-0.39, 0.29) is 17.4 Å². The van der Waals surface area contributed by atoms with Gasteiger partial charge in [-0.2, -0.15) is 13.2 Å². The van der Waals surface area contributed by atoms with Gasteiger partial charge in [0.15, 0.2) is 5.82 Å². The van der Waals surface area contributed by atoms with Crippen LogP contribution in [0.2, 0.25) is 0 Å². The number of hydrogen-bond donors (Lipinski definition) is 1. The maximum absolute atomic E-state index is 13.9. The zero-order chi connectivity index (χ0) is 23.9. The Morgan fingerprint density at radius 2 is 2.06 bits per heavy atom. The maximum atomic E-state index is 13.9. The Bertz CT molecular complexity index is 916. The molecule has 2 aromatic heterocycles. The number of halogens is 4. The zero-order valence-corrected chi connectivity index (χ0v) is 17.8. The van der Waals surface area contributed by atoms with Crippen molar-refractivity contribution in [1.82, 2.24) is 14.9 Å². The average molecular weight is 471 g/mol. The van der Waals surface area contributed by atoms with Crippen LogP contribution in [0.1, 0.15) is 24.8 Å². The van der Waals surface area contributed by atoms with Gasteiger partial charge in [0.05, 0.1) is 12.7 Å². The molecule has 2 saturated heterocycles. The van der Waals surface area contributed by atoms with Crippen molar-refractivity contribution in [2.24, 2.45) is 5.41 Å². The molecule has 11 heteroatoms. The van der Waals surface area contributed by atoms with Crippen LogP contribution in [-0.4, -0.2) is 64.5 Å². The van der Waals surface area contributed by atoms with Crippen molar-refractivity contribution in [3.63, 3.8) is 0 Å². The Morgan fingerprint density at radius 1 is 1.30 bits per heavy atom. The van der Waals surface area contributed by atoms with E-state index in [1.165, 1.54) is 11.6 Å². The lowest BCUT2D eigenvalue weighted by atomic mass is 9.73. The zero-order valence-electron chi connectivity index (χ0n) is 17.8. The summed E-state index contributed by atoms with van der Waals surface area (Å²) in [5.74, 6) is -3.09. The summed E-state index contributed by atoms with van der Waals surface area (Å²) < 4.78 is 57.5. The van der Waals surface area contributed by atoms with E-state index in [1.54, 1.807) is 18.5 Å². The molecule has 0 bridgehead atoms. The van der Waals surface area contributed by atoms with Crippen molar-refractivity contribution in [1.29, 1.82) is 0 Å². The summed E-state index contributed by atoms with van der Waals surface area (Å²) in [4.78, 5) is 19.6. The smallest absolute Gasteiger partial charge is 0.475 e. The lowest BCUT2D eigenvalue weighted by Gasteiger charge is -2.50. The predicted molar refractivity (Wildman–Crippen MR) is 109 cm³/mol. The summed E-state index contributed by atoms with van der Waals surface area (Å²) in [6.45, 7) is 3.95. The number of rotatable bonds is 5. The fourth-order valence-electron chi connectivity index (χ4n) is 4.17. The molecule has 1 N–H and O–H groups in total. The maximum Gasteiger partial charge on any atom is 0.490 e. The van der Waals surface area contributed by atoms with E-state index in [4.69, 9.17) is 19.4 Å². The molecule has 0 radical (unpaired) electrons. The number of aromatic nitrogens is 2. The molecule has 0 saturated carbocycles. The van der Waals surface area contributed by atoms with Crippen molar-refractivity contribution in [2.75, 3.05) is 26.3 Å². The Kier molecular flexibility index (Phi) is 8.20. The van der Waals surface area contributed by atoms with Crippen molar-refractivity contribution in [2.45, 2.75) is 38.1 Å². The summed E-state index contributed by atoms with van der Waals surface area (Å²) in [5, 5.41) is 7.12. The summed E-state index contributed by atoms with van der Waals surface area (Å²) >= 11 is 0. The third-order valence-electron chi connectivity index (χ3n) is 5.66. The van der Waals surface area contributed by atoms with Gasteiger partial charge in [-0.15, -0.1) is 0 Å². The predicted octanol–water partition coefficient (Wildman–Crippen LogP) is 3.70. The van der Waals surface area contributed by atoms with Crippen LogP contribution < -0.4 is 4.74 Å². The molecule has 2 atom stereocenters. The van der Waals surface area contributed by atoms with Crippen LogP contribution >= 0.6 is 0 Å². The van der Waals surface area contributed by atoms with Crippen LogP contribution in [0, 0.1) is 11.2 Å². The molecule has 2 aliphatic rings. The number of carboxylic acids is 1. The second-order valence-electron chi connectivity index (χ2n) is 8.07. The largest absolute Gasteiger partial charge is 0.490 e. The number of fused-ring (bicyclic) bond motifs is 1. The van der Waals surface area contributed by atoms with Gasteiger partial charge in [0.2, 0.25) is 5.88 Å². The van der Waals surface area contributed by atoms with Gasteiger partial charge in [-0.3, -0.25) is 9.88 Å². The number of aliphatic carboxylic acids is 1. The lowest BCUT2D eigenvalue weighted by molar-refractivity contribution is -0.192. The lowest BCUT2D eigenvalue weighted by Crippen LogP contribution is -2.57. The van der Waals surface area contributed by atoms with Crippen LogP contribution in [-0.2, 0) is 16.1 Å². The molecule has 0 spiro atoms. The molecule has 33 heavy (non-hydrogen) atoms. The highest BCUT2D eigenvalue weighted by Crippen LogP contribution is 2.41. The van der Waals surface area contributed by atoms with Gasteiger partial charge in [-0.05, 0) is 43.0 Å². The van der Waals surface area contributed by atoms with Gasteiger partial charge in [-0.1, -0.05) is 6.07 Å². The third kappa shape index (κ3) is 6.84. The first kappa shape index (κ1) is 24.8. The molecular formula is C22H25F4N3O4. The molecule has 2 unspecified atom stereocenters. The molecular weight excluding hydrogens is 446 g/mol. The quantitative estimate of drug-likeness (QED) is 0.666. The van der Waals surface area contributed by atoms with E-state index in [2.05, 4.69) is 20.9 Å². The van der Waals surface area contributed by atoms with Crippen LogP contribution in [0.3, 0.4) is 0 Å². The minimum Gasteiger partial charge on any atom is -0.475 e. The molecule has 2 aromatic rings. The Labute approximate surface area is 188 Å². The van der Waals surface area contributed by atoms with Crippen molar-refractivity contribution >= 4 is 5.97 Å². The molecule has 0 aromatic carbocycles. The van der Waals surface area contributed by atoms with E-state index in [0.29, 0.717) is 6.61 Å². The number of nitrogens with zero attached hydrogens (tertiary/aromatic N) is 3. The molecule has 4 heterocycles. The number of carbonyl (C=O) groups is 1. The number of piperidine rings is 1. The number of likely N-dealkylation sites (tertiary alicyclic amines) is 1. The molecule has 180 valence electrons. The topological polar surface area (TPSA) is 84.8 Å². The van der Waals surface area contributed by atoms with Crippen molar-refractivity contribution < 1.29 is 36.9 Å². The van der Waals surface area contributed by atoms with Gasteiger partial charge in [0.1, 0.15) is 0 Å². The van der Waals surface area contributed by atoms with E-state index in [1.807, 2.05) is 12.3 Å². The Hall–Kier alpha value is -2.79. The number of alkyl halides is 3. The fraction of sp³-hybridized carbons (Fsp3) is 0.500. The highest BCUT2D eigenvalue weighted by Gasteiger charge is 2.46. The second kappa shape index (κ2) is 10.9. The fourth-order valence-corrected chi connectivity index (χ4v) is 4.17. The number of hydrogen-bond acceptors (Lipinski definition) is 6. The van der Waals surface area contributed by atoms with Gasteiger partial charge in [0, 0.05) is 50.2 Å². The van der Waals surface area contributed by atoms with E-state index < -0.39 is 18.0 Å². The summed E-state index contributed by atoms with van der Waals surface area (Å²) in [6.07, 6.45) is 3.33. The first-order chi connectivity index (χ1) is 15.7. The summed E-state index contributed by atoms with van der Waals surface area (Å²) in [7, 11) is 0. The van der Waals surface area contributed by atoms with Gasteiger partial charge >= 0.3 is 12.1 Å². The SMILES string of the molecule is Fc1cccnc1OCC12CCCOC1CCN(Cc1cccnc1)C2.O=C(O)C(F)(F)F. The highest BCUT2D eigenvalue weighted by atomic mass is 19.4. The van der Waals surface area contributed by atoms with Crippen LogP contribution in [0.25, 0.3) is 0 Å². The highest BCUT2D eigenvalue weighted by molar-refractivity contribution is 5.73. The van der Waals surface area contributed by atoms with E-state index in [0.717, 1.165) is 45.5 Å². The average Bonchev–Trinajstić information content (AvgIpc) is 2.79. The molecule has 2 fully saturated rings. The minimum absolute atomic E-state index is 0.0792. The van der Waals surface area contributed by atoms with E-state index in [9.17, 15) is 17.6 Å². The van der Waals surface area contributed by atoms with Gasteiger partial charge in [-0.25, -0.2) is 14.2 Å². The second-order valence-corrected chi connectivity index (χ2v) is 8.07. The van der Waals surface area contributed by atoms with Crippen LogP contribution in [0.15, 0.2) is 42.9 Å². The molecule has 0 amide bonds. The normalized spacial score (nSPS) is 23.1. The Morgan fingerprint density at radius 3 is 2.73 bits per heavy atom. The third-order valence-corrected chi connectivity index (χ3v) is 5.66. The molecule has 2 aliphatic heterocycles. The summed E-state index contributed by atoms with van der Waals surface area (Å²) in [6, 6.07) is 7.02. The monoisotopic (exact) mass is 471 g/mol. The first-order valence-corrected chi connectivity index (χ1v) is 10.5. The van der Waals surface area contributed by atoms with Gasteiger partial charge < -0.3 is 14.6 Å². The summed E-state index contributed by atoms with van der Waals surface area (Å²) in [5.41, 5.74) is 1.08. The minimum atomic E-state index is -5.08. The van der Waals surface area contributed by atoms with Crippen LogP contribution in [0.4, 0.5) is 17.6 Å². The van der Waals surface area contributed by atoms with Crippen molar-refractivity contribution in [3.05, 3.63) is 54.2 Å². The first-order valence-electron chi connectivity index (χ1n) is 10.5. The van der Waals surface area contributed by atoms with E-state index >= 15 is 0 Å². The number of carboxylic acid groups (broad SMARTS) is 1. The standard InChI is InChI=1S/C20H24FN3O2.C2HF3O2/c21-17-5-2-9-23-19(17)26-15-20-7-3-11-25-18(20)6-10-24(14-20)13-16-4-1-8-22-12-16;3-2(4,5)1(6)7/h1-2,4-5,8-9,12,18H,3,6-7,10-11,13-15H2;(H,6,7). The number of pyridine rings is 2. The molecule has 0 aliphatic carbocycles. The van der Waals surface area contributed by atoms with Crippen LogP contribution in [0.5, 0.6) is 5.88 Å². The molecule has 7 nitrogen and oxygen atoms in total.